The topological polar surface area (TPSA) is 29.5 Å². The number of hydrogen-bond acceptors (Lipinski definition) is 2. The third-order valence-electron chi connectivity index (χ3n) is 1.65. The van der Waals surface area contributed by atoms with Crippen LogP contribution < -0.4 is 0 Å². The van der Waals surface area contributed by atoms with Gasteiger partial charge in [-0.25, -0.2) is 0 Å². The fraction of sp³-hybridized carbons (Fsp3) is 0.800. The molecule has 0 aliphatic rings. The molecule has 0 aromatic carbocycles. The van der Waals surface area contributed by atoms with Gasteiger partial charge >= 0.3 is 0 Å². The summed E-state index contributed by atoms with van der Waals surface area (Å²) in [6.45, 7) is 3.89. The highest BCUT2D eigenvalue weighted by Gasteiger charge is 1.88. The van der Waals surface area contributed by atoms with E-state index >= 15 is 0 Å². The molecule has 0 fully saturated rings. The standard InChI is InChI=1S/C10H20O2/c1-2-3-9-12-10-7-5-4-6-8-11/h2-3,11H,4-10H2,1H3. The molecule has 2 heteroatoms. The van der Waals surface area contributed by atoms with Gasteiger partial charge in [-0.15, -0.1) is 0 Å². The Morgan fingerprint density at radius 3 is 2.58 bits per heavy atom. The Kier molecular flexibility index (Phi) is 10.4. The van der Waals surface area contributed by atoms with Crippen LogP contribution in [0.1, 0.15) is 32.6 Å². The average molecular weight is 172 g/mol. The summed E-state index contributed by atoms with van der Waals surface area (Å²) in [5.41, 5.74) is 0. The van der Waals surface area contributed by atoms with Crippen LogP contribution in [0.25, 0.3) is 0 Å². The van der Waals surface area contributed by atoms with E-state index in [1.807, 2.05) is 19.1 Å². The molecule has 0 aliphatic heterocycles. The van der Waals surface area contributed by atoms with Crippen molar-refractivity contribution >= 4 is 0 Å². The lowest BCUT2D eigenvalue weighted by atomic mass is 10.2. The molecule has 12 heavy (non-hydrogen) atoms. The van der Waals surface area contributed by atoms with E-state index < -0.39 is 0 Å². The number of aliphatic hydroxyl groups is 1. The molecule has 0 saturated carbocycles. The van der Waals surface area contributed by atoms with E-state index in [1.54, 1.807) is 0 Å². The van der Waals surface area contributed by atoms with Crippen LogP contribution in [0.15, 0.2) is 12.2 Å². The van der Waals surface area contributed by atoms with E-state index in [-0.39, 0.29) is 0 Å². The molecule has 0 unspecified atom stereocenters. The van der Waals surface area contributed by atoms with Gasteiger partial charge in [0.05, 0.1) is 6.61 Å². The monoisotopic (exact) mass is 172 g/mol. The molecule has 72 valence electrons. The fourth-order valence-corrected chi connectivity index (χ4v) is 0.917. The Hall–Kier alpha value is -0.340. The smallest absolute Gasteiger partial charge is 0.0647 e. The Morgan fingerprint density at radius 2 is 1.92 bits per heavy atom. The van der Waals surface area contributed by atoms with Gasteiger partial charge in [0.25, 0.3) is 0 Å². The third kappa shape index (κ3) is 9.66. The zero-order chi connectivity index (χ0) is 9.07. The predicted octanol–water partition coefficient (Wildman–Crippen LogP) is 2.13. The largest absolute Gasteiger partial charge is 0.396 e. The summed E-state index contributed by atoms with van der Waals surface area (Å²) in [5, 5.41) is 8.50. The summed E-state index contributed by atoms with van der Waals surface area (Å²) in [6.07, 6.45) is 8.31. The van der Waals surface area contributed by atoms with Crippen molar-refractivity contribution in [1.82, 2.24) is 0 Å². The highest BCUT2D eigenvalue weighted by Crippen LogP contribution is 1.98. The number of allylic oxidation sites excluding steroid dienone is 1. The van der Waals surface area contributed by atoms with Crippen molar-refractivity contribution in [3.63, 3.8) is 0 Å². The second-order valence-corrected chi connectivity index (χ2v) is 2.78. The van der Waals surface area contributed by atoms with E-state index in [9.17, 15) is 0 Å². The average Bonchev–Trinajstić information content (AvgIpc) is 2.10. The Balaban J connectivity index is 2.81. The van der Waals surface area contributed by atoms with Crippen LogP contribution in [-0.4, -0.2) is 24.9 Å². The van der Waals surface area contributed by atoms with Crippen LogP contribution in [-0.2, 0) is 4.74 Å². The summed E-state index contributed by atoms with van der Waals surface area (Å²) in [4.78, 5) is 0. The van der Waals surface area contributed by atoms with Gasteiger partial charge in [0.2, 0.25) is 0 Å². The fourth-order valence-electron chi connectivity index (χ4n) is 0.917. The third-order valence-corrected chi connectivity index (χ3v) is 1.65. The van der Waals surface area contributed by atoms with Crippen LogP contribution in [0.4, 0.5) is 0 Å². The molecule has 2 nitrogen and oxygen atoms in total. The Labute approximate surface area is 75.2 Å². The molecular weight excluding hydrogens is 152 g/mol. The lowest BCUT2D eigenvalue weighted by Crippen LogP contribution is -1.94. The zero-order valence-corrected chi connectivity index (χ0v) is 7.96. The number of unbranched alkanes of at least 4 members (excludes halogenated alkanes) is 3. The molecule has 0 heterocycles. The van der Waals surface area contributed by atoms with Crippen LogP contribution in [0.5, 0.6) is 0 Å². The number of ether oxygens (including phenoxy) is 1. The molecule has 0 amide bonds. The van der Waals surface area contributed by atoms with Gasteiger partial charge in [-0.2, -0.15) is 0 Å². The SMILES string of the molecule is CC=CCOCCCCCCO. The molecule has 0 spiro atoms. The van der Waals surface area contributed by atoms with Crippen LogP contribution in [0, 0.1) is 0 Å². The van der Waals surface area contributed by atoms with Gasteiger partial charge in [0.1, 0.15) is 0 Å². The molecule has 0 rings (SSSR count). The van der Waals surface area contributed by atoms with Crippen molar-refractivity contribution in [3.8, 4) is 0 Å². The minimum Gasteiger partial charge on any atom is -0.396 e. The lowest BCUT2D eigenvalue weighted by molar-refractivity contribution is 0.156. The van der Waals surface area contributed by atoms with Crippen LogP contribution in [0.2, 0.25) is 0 Å². The van der Waals surface area contributed by atoms with Gasteiger partial charge in [0.15, 0.2) is 0 Å². The number of hydrogen-bond donors (Lipinski definition) is 1. The Bertz CT molecular complexity index is 100. The Morgan fingerprint density at radius 1 is 1.17 bits per heavy atom. The van der Waals surface area contributed by atoms with E-state index in [1.165, 1.54) is 0 Å². The van der Waals surface area contributed by atoms with E-state index in [4.69, 9.17) is 9.84 Å². The minimum absolute atomic E-state index is 0.319. The maximum absolute atomic E-state index is 8.50. The quantitative estimate of drug-likeness (QED) is 0.449. The molecule has 0 aliphatic carbocycles. The number of aliphatic hydroxyl groups excluding tert-OH is 1. The molecule has 0 saturated heterocycles. The van der Waals surface area contributed by atoms with Crippen LogP contribution >= 0.6 is 0 Å². The summed E-state index contributed by atoms with van der Waals surface area (Å²) in [6, 6.07) is 0. The van der Waals surface area contributed by atoms with E-state index in [0.717, 1.165) is 38.9 Å². The summed E-state index contributed by atoms with van der Waals surface area (Å²) in [5.74, 6) is 0. The minimum atomic E-state index is 0.319. The number of rotatable bonds is 8. The first-order valence-corrected chi connectivity index (χ1v) is 4.71. The van der Waals surface area contributed by atoms with E-state index in [2.05, 4.69) is 0 Å². The first kappa shape index (κ1) is 11.7. The molecule has 0 aromatic heterocycles. The molecule has 0 bridgehead atoms. The summed E-state index contributed by atoms with van der Waals surface area (Å²) in [7, 11) is 0. The predicted molar refractivity (Wildman–Crippen MR) is 51.2 cm³/mol. The van der Waals surface area contributed by atoms with Gasteiger partial charge in [-0.1, -0.05) is 25.0 Å². The maximum atomic E-state index is 8.50. The normalized spacial score (nSPS) is 11.2. The molecule has 0 aromatic rings. The van der Waals surface area contributed by atoms with Gasteiger partial charge in [-0.3, -0.25) is 0 Å². The van der Waals surface area contributed by atoms with Gasteiger partial charge < -0.3 is 9.84 Å². The molecule has 0 radical (unpaired) electrons. The highest BCUT2D eigenvalue weighted by molar-refractivity contribution is 4.75. The van der Waals surface area contributed by atoms with Gasteiger partial charge in [-0.05, 0) is 19.8 Å². The van der Waals surface area contributed by atoms with Crippen molar-refractivity contribution in [2.24, 2.45) is 0 Å². The van der Waals surface area contributed by atoms with Gasteiger partial charge in [0, 0.05) is 13.2 Å². The van der Waals surface area contributed by atoms with Crippen LogP contribution in [0.3, 0.4) is 0 Å². The maximum Gasteiger partial charge on any atom is 0.0647 e. The first-order chi connectivity index (χ1) is 5.91. The zero-order valence-electron chi connectivity index (χ0n) is 7.96. The first-order valence-electron chi connectivity index (χ1n) is 4.71. The second kappa shape index (κ2) is 10.7. The van der Waals surface area contributed by atoms with Crippen molar-refractivity contribution < 1.29 is 9.84 Å². The van der Waals surface area contributed by atoms with Crippen molar-refractivity contribution in [1.29, 1.82) is 0 Å². The highest BCUT2D eigenvalue weighted by atomic mass is 16.5. The molecule has 1 N–H and O–H groups in total. The van der Waals surface area contributed by atoms with Crippen molar-refractivity contribution in [3.05, 3.63) is 12.2 Å². The molecule has 0 atom stereocenters. The van der Waals surface area contributed by atoms with Crippen molar-refractivity contribution in [2.75, 3.05) is 19.8 Å². The van der Waals surface area contributed by atoms with E-state index in [0.29, 0.717) is 6.61 Å². The second-order valence-electron chi connectivity index (χ2n) is 2.78. The molecular formula is C10H20O2. The lowest BCUT2D eigenvalue weighted by Gasteiger charge is -2.00. The van der Waals surface area contributed by atoms with Crippen molar-refractivity contribution in [2.45, 2.75) is 32.6 Å². The summed E-state index contributed by atoms with van der Waals surface area (Å²) >= 11 is 0. The summed E-state index contributed by atoms with van der Waals surface area (Å²) < 4.78 is 5.30.